The lowest BCUT2D eigenvalue weighted by molar-refractivity contribution is -0.117. The van der Waals surface area contributed by atoms with Crippen molar-refractivity contribution in [3.63, 3.8) is 0 Å². The van der Waals surface area contributed by atoms with Crippen LogP contribution in [-0.4, -0.2) is 43.5 Å². The third-order valence-electron chi connectivity index (χ3n) is 4.25. The molecule has 0 unspecified atom stereocenters. The number of imide groups is 1. The number of hydrogen-bond acceptors (Lipinski definition) is 6. The molecule has 0 saturated heterocycles. The first-order chi connectivity index (χ1) is 12.7. The maximum absolute atomic E-state index is 12.0. The van der Waals surface area contributed by atoms with Crippen molar-refractivity contribution < 1.29 is 9.59 Å². The van der Waals surface area contributed by atoms with Crippen LogP contribution >= 0.6 is 11.8 Å². The second-order valence-corrected chi connectivity index (χ2v) is 7.02. The molecular formula is C17H22N6O2S. The fourth-order valence-electron chi connectivity index (χ4n) is 2.98. The van der Waals surface area contributed by atoms with Gasteiger partial charge in [-0.15, -0.1) is 10.2 Å². The number of amides is 3. The third kappa shape index (κ3) is 4.60. The van der Waals surface area contributed by atoms with Crippen LogP contribution in [0.5, 0.6) is 0 Å². The molecule has 1 aliphatic rings. The van der Waals surface area contributed by atoms with Crippen molar-refractivity contribution >= 4 is 23.7 Å². The molecule has 1 fully saturated rings. The Morgan fingerprint density at radius 2 is 1.96 bits per heavy atom. The van der Waals surface area contributed by atoms with Crippen LogP contribution in [0.25, 0.3) is 11.4 Å². The Morgan fingerprint density at radius 1 is 1.23 bits per heavy atom. The first-order valence-corrected chi connectivity index (χ1v) is 9.72. The number of pyridine rings is 1. The van der Waals surface area contributed by atoms with Crippen LogP contribution in [0.2, 0.25) is 0 Å². The van der Waals surface area contributed by atoms with E-state index in [0.29, 0.717) is 11.7 Å². The predicted octanol–water partition coefficient (Wildman–Crippen LogP) is 2.22. The quantitative estimate of drug-likeness (QED) is 0.752. The molecule has 1 aliphatic carbocycles. The summed E-state index contributed by atoms with van der Waals surface area (Å²) in [4.78, 5) is 27.9. The number of nitrogens with zero attached hydrogens (tertiary/aromatic N) is 4. The van der Waals surface area contributed by atoms with Gasteiger partial charge in [-0.25, -0.2) is 4.79 Å². The molecule has 0 spiro atoms. The first kappa shape index (κ1) is 18.4. The highest BCUT2D eigenvalue weighted by atomic mass is 32.2. The molecule has 26 heavy (non-hydrogen) atoms. The minimum atomic E-state index is -0.420. The standard InChI is InChI=1S/C17H22N6O2S/c1-2-23-15(12-7-9-18-10-8-12)21-22-17(23)26-11-14(24)20-16(25)19-13-5-3-4-6-13/h7-10,13H,2-6,11H2,1H3,(H2,19,20,24,25). The Balaban J connectivity index is 1.55. The van der Waals surface area contributed by atoms with Gasteiger partial charge in [-0.2, -0.15) is 0 Å². The van der Waals surface area contributed by atoms with Crippen LogP contribution < -0.4 is 10.6 Å². The van der Waals surface area contributed by atoms with E-state index in [1.165, 1.54) is 11.8 Å². The summed E-state index contributed by atoms with van der Waals surface area (Å²) in [5, 5.41) is 14.2. The van der Waals surface area contributed by atoms with Gasteiger partial charge in [-0.05, 0) is 31.9 Å². The number of carbonyl (C=O) groups is 2. The smallest absolute Gasteiger partial charge is 0.321 e. The van der Waals surface area contributed by atoms with Crippen LogP contribution in [0.3, 0.4) is 0 Å². The molecule has 8 nitrogen and oxygen atoms in total. The van der Waals surface area contributed by atoms with Crippen molar-refractivity contribution in [1.82, 2.24) is 30.4 Å². The van der Waals surface area contributed by atoms with Crippen LogP contribution in [0.15, 0.2) is 29.7 Å². The monoisotopic (exact) mass is 374 g/mol. The van der Waals surface area contributed by atoms with Crippen molar-refractivity contribution in [3.8, 4) is 11.4 Å². The van der Waals surface area contributed by atoms with Crippen LogP contribution in [-0.2, 0) is 11.3 Å². The van der Waals surface area contributed by atoms with Crippen molar-refractivity contribution in [2.75, 3.05) is 5.75 Å². The largest absolute Gasteiger partial charge is 0.335 e. The molecule has 0 aliphatic heterocycles. The van der Waals surface area contributed by atoms with Gasteiger partial charge in [0.25, 0.3) is 0 Å². The molecular weight excluding hydrogens is 352 g/mol. The molecule has 0 radical (unpaired) electrons. The highest BCUT2D eigenvalue weighted by Gasteiger charge is 2.19. The van der Waals surface area contributed by atoms with Gasteiger partial charge in [-0.1, -0.05) is 24.6 Å². The van der Waals surface area contributed by atoms with E-state index in [1.807, 2.05) is 23.6 Å². The van der Waals surface area contributed by atoms with E-state index in [-0.39, 0.29) is 17.7 Å². The van der Waals surface area contributed by atoms with E-state index in [2.05, 4.69) is 25.8 Å². The molecule has 9 heteroatoms. The molecule has 0 bridgehead atoms. The van der Waals surface area contributed by atoms with Gasteiger partial charge in [0, 0.05) is 30.5 Å². The number of rotatable bonds is 6. The fourth-order valence-corrected chi connectivity index (χ4v) is 3.78. The zero-order chi connectivity index (χ0) is 18.4. The number of hydrogen-bond donors (Lipinski definition) is 2. The molecule has 2 N–H and O–H groups in total. The summed E-state index contributed by atoms with van der Waals surface area (Å²) in [7, 11) is 0. The Bertz CT molecular complexity index is 758. The summed E-state index contributed by atoms with van der Waals surface area (Å²) in [5.41, 5.74) is 0.918. The maximum atomic E-state index is 12.0. The first-order valence-electron chi connectivity index (χ1n) is 8.74. The summed E-state index contributed by atoms with van der Waals surface area (Å²) >= 11 is 1.26. The summed E-state index contributed by atoms with van der Waals surface area (Å²) in [6.45, 7) is 2.67. The van der Waals surface area contributed by atoms with Gasteiger partial charge in [0.1, 0.15) is 0 Å². The van der Waals surface area contributed by atoms with Crippen molar-refractivity contribution in [3.05, 3.63) is 24.5 Å². The van der Waals surface area contributed by atoms with Crippen molar-refractivity contribution in [2.24, 2.45) is 0 Å². The lowest BCUT2D eigenvalue weighted by Crippen LogP contribution is -2.44. The number of nitrogens with one attached hydrogen (secondary N) is 2. The Hall–Kier alpha value is -2.42. The SMILES string of the molecule is CCn1c(SCC(=O)NC(=O)NC2CCCC2)nnc1-c1ccncc1. The lowest BCUT2D eigenvalue weighted by atomic mass is 10.2. The third-order valence-corrected chi connectivity index (χ3v) is 5.21. The van der Waals surface area contributed by atoms with Crippen LogP contribution in [0.4, 0.5) is 4.79 Å². The topological polar surface area (TPSA) is 102 Å². The van der Waals surface area contributed by atoms with Gasteiger partial charge in [0.15, 0.2) is 11.0 Å². The number of carbonyl (C=O) groups excluding carboxylic acids is 2. The Morgan fingerprint density at radius 3 is 2.65 bits per heavy atom. The van der Waals surface area contributed by atoms with Gasteiger partial charge in [-0.3, -0.25) is 15.1 Å². The average Bonchev–Trinajstić information content (AvgIpc) is 3.29. The van der Waals surface area contributed by atoms with Crippen molar-refractivity contribution in [1.29, 1.82) is 0 Å². The van der Waals surface area contributed by atoms with E-state index < -0.39 is 6.03 Å². The summed E-state index contributed by atoms with van der Waals surface area (Å²) in [5.74, 6) is 0.491. The van der Waals surface area contributed by atoms with Crippen LogP contribution in [0.1, 0.15) is 32.6 Å². The maximum Gasteiger partial charge on any atom is 0.321 e. The number of aromatic nitrogens is 4. The lowest BCUT2D eigenvalue weighted by Gasteiger charge is -2.12. The molecule has 2 heterocycles. The predicted molar refractivity (Wildman–Crippen MR) is 98.6 cm³/mol. The molecule has 1 saturated carbocycles. The minimum Gasteiger partial charge on any atom is -0.335 e. The molecule has 3 rings (SSSR count). The minimum absolute atomic E-state index is 0.104. The summed E-state index contributed by atoms with van der Waals surface area (Å²) in [6, 6.07) is 3.49. The summed E-state index contributed by atoms with van der Waals surface area (Å²) in [6.07, 6.45) is 7.62. The van der Waals surface area contributed by atoms with Gasteiger partial charge in [0.05, 0.1) is 5.75 Å². The fraction of sp³-hybridized carbons (Fsp3) is 0.471. The van der Waals surface area contributed by atoms with E-state index in [4.69, 9.17) is 0 Å². The van der Waals surface area contributed by atoms with E-state index in [0.717, 1.165) is 37.1 Å². The van der Waals surface area contributed by atoms with Crippen molar-refractivity contribution in [2.45, 2.75) is 50.4 Å². The molecule has 2 aromatic rings. The van der Waals surface area contributed by atoms with Crippen LogP contribution in [0, 0.1) is 0 Å². The normalized spacial score (nSPS) is 14.3. The average molecular weight is 374 g/mol. The van der Waals surface area contributed by atoms with Gasteiger partial charge < -0.3 is 9.88 Å². The molecule has 138 valence electrons. The zero-order valence-electron chi connectivity index (χ0n) is 14.6. The van der Waals surface area contributed by atoms with Gasteiger partial charge in [0.2, 0.25) is 5.91 Å². The molecule has 0 aromatic carbocycles. The zero-order valence-corrected chi connectivity index (χ0v) is 15.5. The molecule has 3 amide bonds. The highest BCUT2D eigenvalue weighted by Crippen LogP contribution is 2.23. The number of urea groups is 1. The Kier molecular flexibility index (Phi) is 6.21. The number of thioether (sulfide) groups is 1. The van der Waals surface area contributed by atoms with E-state index >= 15 is 0 Å². The van der Waals surface area contributed by atoms with E-state index in [9.17, 15) is 9.59 Å². The molecule has 2 aromatic heterocycles. The summed E-state index contributed by atoms with van der Waals surface area (Å²) < 4.78 is 1.94. The molecule has 0 atom stereocenters. The van der Waals surface area contributed by atoms with E-state index in [1.54, 1.807) is 12.4 Å². The second-order valence-electron chi connectivity index (χ2n) is 6.08. The van der Waals surface area contributed by atoms with Gasteiger partial charge >= 0.3 is 6.03 Å². The Labute approximate surface area is 156 Å². The highest BCUT2D eigenvalue weighted by molar-refractivity contribution is 7.99. The second kappa shape index (κ2) is 8.79.